The van der Waals surface area contributed by atoms with E-state index in [-0.39, 0.29) is 5.56 Å². The molecule has 0 aliphatic heterocycles. The van der Waals surface area contributed by atoms with Crippen LogP contribution in [0.3, 0.4) is 0 Å². The van der Waals surface area contributed by atoms with Crippen molar-refractivity contribution in [1.29, 1.82) is 0 Å². The van der Waals surface area contributed by atoms with E-state index in [1.165, 1.54) is 19.3 Å². The average Bonchev–Trinajstić information content (AvgIpc) is 2.54. The number of carbonyl (C=O) groups excluding carboxylic acids is 1. The minimum Gasteiger partial charge on any atom is -0.493 e. The molecule has 2 aromatic rings. The van der Waals surface area contributed by atoms with Gasteiger partial charge in [-0.05, 0) is 58.8 Å². The first kappa shape index (κ1) is 18.1. The molecular weight excluding hydrogens is 382 g/mol. The molecule has 0 amide bonds. The summed E-state index contributed by atoms with van der Waals surface area (Å²) in [5.74, 6) is -1.11. The van der Waals surface area contributed by atoms with E-state index in [0.717, 1.165) is 12.1 Å². The van der Waals surface area contributed by atoms with Crippen molar-refractivity contribution in [1.82, 2.24) is 0 Å². The highest BCUT2D eigenvalue weighted by Gasteiger charge is 2.12. The van der Waals surface area contributed by atoms with Gasteiger partial charge in [-0.1, -0.05) is 6.08 Å². The van der Waals surface area contributed by atoms with Crippen molar-refractivity contribution in [3.63, 3.8) is 0 Å². The summed E-state index contributed by atoms with van der Waals surface area (Å²) in [4.78, 5) is 12.0. The molecule has 6 heteroatoms. The molecule has 3 nitrogen and oxygen atoms in total. The van der Waals surface area contributed by atoms with E-state index in [1.54, 1.807) is 12.1 Å². The smallest absolute Gasteiger partial charge is 0.188 e. The zero-order valence-corrected chi connectivity index (χ0v) is 14.7. The van der Waals surface area contributed by atoms with Gasteiger partial charge in [0.05, 0.1) is 23.8 Å². The zero-order valence-electron chi connectivity index (χ0n) is 13.1. The molecule has 0 bridgehead atoms. The number of halogens is 3. The van der Waals surface area contributed by atoms with Crippen LogP contribution in [0.15, 0.2) is 40.9 Å². The first-order valence-electron chi connectivity index (χ1n) is 7.14. The van der Waals surface area contributed by atoms with Crippen LogP contribution in [0.2, 0.25) is 0 Å². The van der Waals surface area contributed by atoms with Crippen LogP contribution in [0.1, 0.15) is 22.8 Å². The topological polar surface area (TPSA) is 35.5 Å². The number of benzene rings is 2. The number of hydrogen-bond donors (Lipinski definition) is 0. The lowest BCUT2D eigenvalue weighted by Gasteiger charge is -2.12. The first-order chi connectivity index (χ1) is 11.5. The van der Waals surface area contributed by atoms with Gasteiger partial charge in [0.2, 0.25) is 0 Å². The fourth-order valence-corrected chi connectivity index (χ4v) is 2.65. The Hall–Kier alpha value is -2.21. The maximum absolute atomic E-state index is 13.6. The molecule has 0 heterocycles. The second kappa shape index (κ2) is 8.06. The van der Waals surface area contributed by atoms with Crippen LogP contribution in [-0.4, -0.2) is 19.5 Å². The van der Waals surface area contributed by atoms with Gasteiger partial charge in [-0.15, -0.1) is 0 Å². The molecule has 0 aliphatic rings. The maximum Gasteiger partial charge on any atom is 0.188 e. The van der Waals surface area contributed by atoms with Crippen molar-refractivity contribution in [2.45, 2.75) is 6.92 Å². The molecule has 0 atom stereocenters. The zero-order chi connectivity index (χ0) is 17.7. The second-order valence-corrected chi connectivity index (χ2v) is 5.64. The van der Waals surface area contributed by atoms with Gasteiger partial charge >= 0.3 is 0 Å². The second-order valence-electron chi connectivity index (χ2n) is 4.79. The molecule has 126 valence electrons. The molecular formula is C18H15BrF2O3. The Morgan fingerprint density at radius 2 is 2.00 bits per heavy atom. The van der Waals surface area contributed by atoms with Crippen LogP contribution >= 0.6 is 15.9 Å². The van der Waals surface area contributed by atoms with E-state index in [0.29, 0.717) is 34.2 Å². The van der Waals surface area contributed by atoms with Crippen molar-refractivity contribution in [2.75, 3.05) is 13.7 Å². The van der Waals surface area contributed by atoms with Crippen LogP contribution in [-0.2, 0) is 0 Å². The Bertz CT molecular complexity index is 788. The Morgan fingerprint density at radius 3 is 2.62 bits per heavy atom. The third kappa shape index (κ3) is 4.20. The van der Waals surface area contributed by atoms with Crippen LogP contribution in [0.5, 0.6) is 11.5 Å². The number of ether oxygens (including phenoxy) is 2. The molecule has 2 rings (SSSR count). The molecule has 0 aromatic heterocycles. The molecule has 0 saturated heterocycles. The quantitative estimate of drug-likeness (QED) is 0.507. The molecule has 24 heavy (non-hydrogen) atoms. The number of ketones is 1. The third-order valence-electron chi connectivity index (χ3n) is 3.16. The summed E-state index contributed by atoms with van der Waals surface area (Å²) in [6, 6.07) is 6.28. The lowest BCUT2D eigenvalue weighted by Crippen LogP contribution is -1.99. The normalized spacial score (nSPS) is 10.9. The van der Waals surface area contributed by atoms with Gasteiger partial charge in [0, 0.05) is 6.07 Å². The summed E-state index contributed by atoms with van der Waals surface area (Å²) in [6.07, 6.45) is 2.74. The summed E-state index contributed by atoms with van der Waals surface area (Å²) in [6.45, 7) is 2.34. The van der Waals surface area contributed by atoms with Gasteiger partial charge < -0.3 is 9.47 Å². The van der Waals surface area contributed by atoms with Crippen LogP contribution in [0.4, 0.5) is 8.78 Å². The first-order valence-corrected chi connectivity index (χ1v) is 7.93. The van der Waals surface area contributed by atoms with Gasteiger partial charge in [-0.2, -0.15) is 0 Å². The summed E-state index contributed by atoms with van der Waals surface area (Å²) in [5.41, 5.74) is 0.475. The molecule has 0 radical (unpaired) electrons. The largest absolute Gasteiger partial charge is 0.493 e. The summed E-state index contributed by atoms with van der Waals surface area (Å²) in [5, 5.41) is 0. The van der Waals surface area contributed by atoms with Crippen LogP contribution < -0.4 is 9.47 Å². The van der Waals surface area contributed by atoms with Crippen molar-refractivity contribution >= 4 is 27.8 Å². The van der Waals surface area contributed by atoms with E-state index in [2.05, 4.69) is 15.9 Å². The monoisotopic (exact) mass is 396 g/mol. The van der Waals surface area contributed by atoms with Gasteiger partial charge in [-0.25, -0.2) is 8.78 Å². The summed E-state index contributed by atoms with van der Waals surface area (Å²) in [7, 11) is 1.51. The van der Waals surface area contributed by atoms with Crippen LogP contribution in [0.25, 0.3) is 6.08 Å². The third-order valence-corrected chi connectivity index (χ3v) is 3.75. The minimum absolute atomic E-state index is 0.190. The Balaban J connectivity index is 2.28. The predicted octanol–water partition coefficient (Wildman–Crippen LogP) is 5.03. The Labute approximate surface area is 147 Å². The van der Waals surface area contributed by atoms with E-state index < -0.39 is 17.4 Å². The number of rotatable bonds is 6. The number of carbonyl (C=O) groups is 1. The van der Waals surface area contributed by atoms with Gasteiger partial charge in [0.25, 0.3) is 0 Å². The number of methoxy groups -OCH3 is 1. The van der Waals surface area contributed by atoms with Crippen molar-refractivity contribution in [3.8, 4) is 11.5 Å². The molecule has 0 N–H and O–H groups in total. The number of allylic oxidation sites excluding steroid dienone is 1. The average molecular weight is 397 g/mol. The molecule has 0 aliphatic carbocycles. The summed E-state index contributed by atoms with van der Waals surface area (Å²) < 4.78 is 37.9. The molecule has 0 spiro atoms. The minimum atomic E-state index is -0.893. The van der Waals surface area contributed by atoms with Crippen LogP contribution in [0, 0.1) is 11.6 Å². The van der Waals surface area contributed by atoms with E-state index >= 15 is 0 Å². The highest BCUT2D eigenvalue weighted by Crippen LogP contribution is 2.37. The predicted molar refractivity (Wildman–Crippen MR) is 91.6 cm³/mol. The molecule has 0 fully saturated rings. The van der Waals surface area contributed by atoms with Crippen molar-refractivity contribution in [3.05, 3.63) is 63.6 Å². The fraction of sp³-hybridized carbons (Fsp3) is 0.167. The van der Waals surface area contributed by atoms with Crippen molar-refractivity contribution in [2.24, 2.45) is 0 Å². The SMILES string of the molecule is CCOc1c(Br)cc(C=CC(=O)c2ccc(F)cc2F)cc1OC. The van der Waals surface area contributed by atoms with Gasteiger partial charge in [0.1, 0.15) is 11.6 Å². The van der Waals surface area contributed by atoms with E-state index in [9.17, 15) is 13.6 Å². The number of hydrogen-bond acceptors (Lipinski definition) is 3. The molecule has 2 aromatic carbocycles. The molecule has 0 saturated carbocycles. The van der Waals surface area contributed by atoms with E-state index in [1.807, 2.05) is 6.92 Å². The van der Waals surface area contributed by atoms with Gasteiger partial charge in [0.15, 0.2) is 17.3 Å². The van der Waals surface area contributed by atoms with Crippen molar-refractivity contribution < 1.29 is 23.0 Å². The lowest BCUT2D eigenvalue weighted by molar-refractivity contribution is 0.104. The maximum atomic E-state index is 13.6. The Morgan fingerprint density at radius 1 is 1.25 bits per heavy atom. The highest BCUT2D eigenvalue weighted by atomic mass is 79.9. The standard InChI is InChI=1S/C18H15BrF2O3/c1-3-24-18-14(19)8-11(9-17(18)23-2)4-7-16(22)13-6-5-12(20)10-15(13)21/h4-10H,3H2,1-2H3. The van der Waals surface area contributed by atoms with Gasteiger partial charge in [-0.3, -0.25) is 4.79 Å². The highest BCUT2D eigenvalue weighted by molar-refractivity contribution is 9.10. The molecule has 0 unspecified atom stereocenters. The summed E-state index contributed by atoms with van der Waals surface area (Å²) >= 11 is 3.39. The van der Waals surface area contributed by atoms with E-state index in [4.69, 9.17) is 9.47 Å². The lowest BCUT2D eigenvalue weighted by atomic mass is 10.1. The Kier molecular flexibility index (Phi) is 6.09. The fourth-order valence-electron chi connectivity index (χ4n) is 2.07.